The minimum Gasteiger partial charge on any atom is -0.419 e. The normalized spacial score (nSPS) is 15.7. The number of hydrogen-bond acceptors (Lipinski definition) is 7. The summed E-state index contributed by atoms with van der Waals surface area (Å²) >= 11 is 5.24. The summed E-state index contributed by atoms with van der Waals surface area (Å²) in [6, 6.07) is 7.87. The van der Waals surface area contributed by atoms with Gasteiger partial charge in [-0.05, 0) is 35.0 Å². The number of benzene rings is 1. The van der Waals surface area contributed by atoms with E-state index in [1.807, 2.05) is 31.2 Å². The first-order valence-corrected chi connectivity index (χ1v) is 9.83. The molecule has 0 atom stereocenters. The Bertz CT molecular complexity index is 856. The predicted octanol–water partition coefficient (Wildman–Crippen LogP) is 3.59. The van der Waals surface area contributed by atoms with Gasteiger partial charge in [0.2, 0.25) is 11.8 Å². The molecule has 0 spiro atoms. The molecule has 2 aromatic heterocycles. The monoisotopic (exact) mass is 419 g/mol. The van der Waals surface area contributed by atoms with Crippen molar-refractivity contribution in [2.45, 2.75) is 13.5 Å². The zero-order valence-corrected chi connectivity index (χ0v) is 16.3. The lowest BCUT2D eigenvalue weighted by Gasteiger charge is -2.33. The van der Waals surface area contributed by atoms with E-state index in [1.165, 1.54) is 0 Å². The van der Waals surface area contributed by atoms with Crippen LogP contribution < -0.4 is 4.90 Å². The van der Waals surface area contributed by atoms with Crippen molar-refractivity contribution >= 4 is 32.4 Å². The third kappa shape index (κ3) is 3.75. The van der Waals surface area contributed by atoms with Gasteiger partial charge in [-0.2, -0.15) is 0 Å². The van der Waals surface area contributed by atoms with Gasteiger partial charge in [-0.15, -0.1) is 21.5 Å². The fraction of sp³-hybridized carbons (Fsp3) is 0.353. The molecule has 0 amide bonds. The van der Waals surface area contributed by atoms with E-state index in [0.29, 0.717) is 18.3 Å². The summed E-state index contributed by atoms with van der Waals surface area (Å²) in [5, 5.41) is 11.6. The van der Waals surface area contributed by atoms with Gasteiger partial charge >= 0.3 is 0 Å². The number of thiazole rings is 1. The average molecular weight is 420 g/mol. The molecule has 8 heteroatoms. The molecule has 1 aliphatic rings. The Morgan fingerprint density at radius 2 is 1.96 bits per heavy atom. The number of anilines is 1. The number of hydrogen-bond donors (Lipinski definition) is 0. The third-order valence-electron chi connectivity index (χ3n) is 4.18. The number of rotatable bonds is 4. The summed E-state index contributed by atoms with van der Waals surface area (Å²) in [4.78, 5) is 9.25. The van der Waals surface area contributed by atoms with E-state index in [1.54, 1.807) is 11.3 Å². The second kappa shape index (κ2) is 7.23. The first-order chi connectivity index (χ1) is 12.2. The molecule has 0 bridgehead atoms. The highest BCUT2D eigenvalue weighted by Crippen LogP contribution is 2.27. The van der Waals surface area contributed by atoms with Crippen molar-refractivity contribution in [3.05, 3.63) is 45.7 Å². The molecule has 1 aromatic carbocycles. The van der Waals surface area contributed by atoms with E-state index < -0.39 is 0 Å². The van der Waals surface area contributed by atoms with E-state index in [-0.39, 0.29) is 0 Å². The highest BCUT2D eigenvalue weighted by molar-refractivity contribution is 9.10. The Labute approximate surface area is 158 Å². The zero-order valence-electron chi connectivity index (χ0n) is 13.9. The van der Waals surface area contributed by atoms with Crippen LogP contribution in [-0.2, 0) is 6.54 Å². The summed E-state index contributed by atoms with van der Waals surface area (Å²) in [6.45, 7) is 6.59. The highest BCUT2D eigenvalue weighted by Gasteiger charge is 2.21. The van der Waals surface area contributed by atoms with Gasteiger partial charge in [0, 0.05) is 36.0 Å². The van der Waals surface area contributed by atoms with Gasteiger partial charge in [0.15, 0.2) is 5.13 Å². The van der Waals surface area contributed by atoms with Crippen molar-refractivity contribution < 1.29 is 4.42 Å². The van der Waals surface area contributed by atoms with Gasteiger partial charge in [0.1, 0.15) is 0 Å². The molecule has 3 aromatic rings. The second-order valence-electron chi connectivity index (χ2n) is 6.02. The molecule has 1 aliphatic heterocycles. The fourth-order valence-corrected chi connectivity index (χ4v) is 4.15. The molecular weight excluding hydrogens is 402 g/mol. The van der Waals surface area contributed by atoms with Crippen molar-refractivity contribution in [2.24, 2.45) is 0 Å². The Kier molecular flexibility index (Phi) is 4.82. The largest absolute Gasteiger partial charge is 0.419 e. The van der Waals surface area contributed by atoms with Crippen LogP contribution in [-0.4, -0.2) is 46.3 Å². The van der Waals surface area contributed by atoms with E-state index in [4.69, 9.17) is 4.42 Å². The molecule has 4 rings (SSSR count). The lowest BCUT2D eigenvalue weighted by molar-refractivity contribution is 0.227. The van der Waals surface area contributed by atoms with Gasteiger partial charge < -0.3 is 9.32 Å². The smallest absolute Gasteiger partial charge is 0.248 e. The van der Waals surface area contributed by atoms with Gasteiger partial charge in [-0.1, -0.05) is 12.1 Å². The van der Waals surface area contributed by atoms with Gasteiger partial charge in [-0.3, -0.25) is 4.90 Å². The lowest BCUT2D eigenvalue weighted by atomic mass is 10.2. The quantitative estimate of drug-likeness (QED) is 0.643. The minimum absolute atomic E-state index is 0.555. The number of aromatic nitrogens is 3. The van der Waals surface area contributed by atoms with Crippen molar-refractivity contribution in [2.75, 3.05) is 31.1 Å². The average Bonchev–Trinajstić information content (AvgIpc) is 3.25. The van der Waals surface area contributed by atoms with Crippen LogP contribution in [0.5, 0.6) is 0 Å². The van der Waals surface area contributed by atoms with Gasteiger partial charge in [0.05, 0.1) is 17.8 Å². The molecule has 1 fully saturated rings. The van der Waals surface area contributed by atoms with Crippen molar-refractivity contribution in [1.29, 1.82) is 0 Å². The van der Waals surface area contributed by atoms with E-state index in [2.05, 4.69) is 46.3 Å². The summed E-state index contributed by atoms with van der Waals surface area (Å²) in [6.07, 6.45) is 0. The molecule has 0 aliphatic carbocycles. The minimum atomic E-state index is 0.555. The summed E-state index contributed by atoms with van der Waals surface area (Å²) in [5.74, 6) is 1.21. The first kappa shape index (κ1) is 16.7. The molecular formula is C17H18BrN5OS. The maximum absolute atomic E-state index is 5.85. The topological polar surface area (TPSA) is 58.3 Å². The van der Waals surface area contributed by atoms with E-state index in [0.717, 1.165) is 47.0 Å². The fourth-order valence-electron chi connectivity index (χ4n) is 2.84. The lowest BCUT2D eigenvalue weighted by Crippen LogP contribution is -2.46. The van der Waals surface area contributed by atoms with Crippen LogP contribution in [0.15, 0.2) is 38.5 Å². The van der Waals surface area contributed by atoms with E-state index in [9.17, 15) is 0 Å². The molecule has 130 valence electrons. The van der Waals surface area contributed by atoms with Crippen LogP contribution >= 0.6 is 27.3 Å². The number of halogens is 1. The Hall–Kier alpha value is -1.77. The molecule has 0 saturated carbocycles. The van der Waals surface area contributed by atoms with Crippen LogP contribution in [0.25, 0.3) is 11.5 Å². The first-order valence-electron chi connectivity index (χ1n) is 8.16. The molecule has 0 unspecified atom stereocenters. The van der Waals surface area contributed by atoms with Crippen molar-refractivity contribution in [3.63, 3.8) is 0 Å². The van der Waals surface area contributed by atoms with Crippen LogP contribution in [0.2, 0.25) is 0 Å². The number of piperazine rings is 1. The van der Waals surface area contributed by atoms with Gasteiger partial charge in [-0.25, -0.2) is 4.98 Å². The summed E-state index contributed by atoms with van der Waals surface area (Å²) < 4.78 is 6.81. The van der Waals surface area contributed by atoms with Crippen LogP contribution in [0.1, 0.15) is 11.6 Å². The Morgan fingerprint density at radius 1 is 1.16 bits per heavy atom. The van der Waals surface area contributed by atoms with Crippen LogP contribution in [0.4, 0.5) is 5.13 Å². The molecule has 3 heterocycles. The SMILES string of the molecule is Cc1csc(N2CCN(Cc3nnc(-c4ccccc4Br)o3)CC2)n1. The van der Waals surface area contributed by atoms with Crippen molar-refractivity contribution in [3.8, 4) is 11.5 Å². The molecule has 25 heavy (non-hydrogen) atoms. The highest BCUT2D eigenvalue weighted by atomic mass is 79.9. The predicted molar refractivity (Wildman–Crippen MR) is 102 cm³/mol. The second-order valence-corrected chi connectivity index (χ2v) is 7.71. The van der Waals surface area contributed by atoms with Crippen molar-refractivity contribution in [1.82, 2.24) is 20.1 Å². The maximum Gasteiger partial charge on any atom is 0.248 e. The Morgan fingerprint density at radius 3 is 2.68 bits per heavy atom. The standard InChI is InChI=1S/C17H18BrN5OS/c1-12-11-25-17(19-12)23-8-6-22(7-9-23)10-15-20-21-16(24-15)13-4-2-3-5-14(13)18/h2-5,11H,6-10H2,1H3. The molecule has 0 radical (unpaired) electrons. The summed E-state index contributed by atoms with van der Waals surface area (Å²) in [5.41, 5.74) is 2.01. The third-order valence-corrected chi connectivity index (χ3v) is 5.89. The Balaban J connectivity index is 1.37. The molecule has 6 nitrogen and oxygen atoms in total. The van der Waals surface area contributed by atoms with Crippen LogP contribution in [0, 0.1) is 6.92 Å². The maximum atomic E-state index is 5.85. The molecule has 1 saturated heterocycles. The molecule has 0 N–H and O–H groups in total. The zero-order chi connectivity index (χ0) is 17.2. The van der Waals surface area contributed by atoms with Crippen LogP contribution in [0.3, 0.4) is 0 Å². The van der Waals surface area contributed by atoms with E-state index >= 15 is 0 Å². The summed E-state index contributed by atoms with van der Waals surface area (Å²) in [7, 11) is 0. The van der Waals surface area contributed by atoms with Gasteiger partial charge in [0.25, 0.3) is 0 Å². The number of aryl methyl sites for hydroxylation is 1. The number of nitrogens with zero attached hydrogens (tertiary/aromatic N) is 5.